The number of hydrogen-bond acceptors (Lipinski definition) is 3. The average molecular weight is 317 g/mol. The van der Waals surface area contributed by atoms with Crippen molar-refractivity contribution in [2.45, 2.75) is 32.4 Å². The molecular formula is C14H21ClN2O2S. The SMILES string of the molecule is CCS(=O)(=O)N1CCC(NCc2ccc(Cl)cc2)CC1. The lowest BCUT2D eigenvalue weighted by Gasteiger charge is -2.31. The van der Waals surface area contributed by atoms with Crippen molar-refractivity contribution in [3.63, 3.8) is 0 Å². The number of hydrogen-bond donors (Lipinski definition) is 1. The van der Waals surface area contributed by atoms with Crippen LogP contribution in [0.15, 0.2) is 24.3 Å². The first kappa shape index (κ1) is 15.8. The lowest BCUT2D eigenvalue weighted by Crippen LogP contribution is -2.45. The molecule has 0 saturated carbocycles. The standard InChI is InChI=1S/C14H21ClN2O2S/c1-2-20(18,19)17-9-7-14(8-10-17)16-11-12-3-5-13(15)6-4-12/h3-6,14,16H,2,7-11H2,1H3. The van der Waals surface area contributed by atoms with Gasteiger partial charge in [-0.15, -0.1) is 0 Å². The zero-order chi connectivity index (χ0) is 14.6. The first-order chi connectivity index (χ1) is 9.51. The molecule has 0 bridgehead atoms. The van der Waals surface area contributed by atoms with E-state index in [-0.39, 0.29) is 5.75 Å². The summed E-state index contributed by atoms with van der Waals surface area (Å²) in [6.07, 6.45) is 1.74. The van der Waals surface area contributed by atoms with E-state index in [0.29, 0.717) is 19.1 Å². The molecule has 4 nitrogen and oxygen atoms in total. The maximum atomic E-state index is 11.8. The normalized spacial score (nSPS) is 18.3. The van der Waals surface area contributed by atoms with Gasteiger partial charge in [-0.05, 0) is 37.5 Å². The van der Waals surface area contributed by atoms with Gasteiger partial charge in [0.25, 0.3) is 0 Å². The third-order valence-electron chi connectivity index (χ3n) is 3.72. The zero-order valence-electron chi connectivity index (χ0n) is 11.7. The Morgan fingerprint density at radius 2 is 1.85 bits per heavy atom. The first-order valence-electron chi connectivity index (χ1n) is 6.97. The number of rotatable bonds is 5. The first-order valence-corrected chi connectivity index (χ1v) is 8.95. The molecule has 1 aromatic carbocycles. The molecule has 1 heterocycles. The molecule has 0 aromatic heterocycles. The smallest absolute Gasteiger partial charge is 0.213 e. The van der Waals surface area contributed by atoms with E-state index < -0.39 is 10.0 Å². The van der Waals surface area contributed by atoms with E-state index in [2.05, 4.69) is 5.32 Å². The number of nitrogens with zero attached hydrogens (tertiary/aromatic N) is 1. The number of piperidine rings is 1. The molecule has 1 fully saturated rings. The lowest BCUT2D eigenvalue weighted by molar-refractivity contribution is 0.289. The van der Waals surface area contributed by atoms with Gasteiger partial charge in [-0.25, -0.2) is 12.7 Å². The molecule has 1 aliphatic rings. The Kier molecular flexibility index (Phi) is 5.43. The van der Waals surface area contributed by atoms with Crippen LogP contribution in [0.4, 0.5) is 0 Å². The Labute approximate surface area is 126 Å². The molecule has 112 valence electrons. The maximum absolute atomic E-state index is 11.8. The number of halogens is 1. The van der Waals surface area contributed by atoms with Crippen molar-refractivity contribution in [1.29, 1.82) is 0 Å². The minimum absolute atomic E-state index is 0.190. The fourth-order valence-electron chi connectivity index (χ4n) is 2.39. The fraction of sp³-hybridized carbons (Fsp3) is 0.571. The summed E-state index contributed by atoms with van der Waals surface area (Å²) < 4.78 is 25.1. The largest absolute Gasteiger partial charge is 0.310 e. The quantitative estimate of drug-likeness (QED) is 0.906. The second-order valence-electron chi connectivity index (χ2n) is 5.08. The van der Waals surface area contributed by atoms with Crippen LogP contribution in [0.1, 0.15) is 25.3 Å². The highest BCUT2D eigenvalue weighted by Crippen LogP contribution is 2.15. The van der Waals surface area contributed by atoms with Crippen LogP contribution in [0.5, 0.6) is 0 Å². The fourth-order valence-corrected chi connectivity index (χ4v) is 3.64. The molecule has 1 aromatic rings. The average Bonchev–Trinajstić information content (AvgIpc) is 2.47. The van der Waals surface area contributed by atoms with E-state index in [1.54, 1.807) is 11.2 Å². The van der Waals surface area contributed by atoms with Crippen LogP contribution < -0.4 is 5.32 Å². The van der Waals surface area contributed by atoms with Crippen LogP contribution in [0.3, 0.4) is 0 Å². The van der Waals surface area contributed by atoms with Crippen molar-refractivity contribution in [2.24, 2.45) is 0 Å². The van der Waals surface area contributed by atoms with E-state index in [0.717, 1.165) is 24.4 Å². The van der Waals surface area contributed by atoms with E-state index in [1.807, 2.05) is 24.3 Å². The van der Waals surface area contributed by atoms with Gasteiger partial charge in [0.2, 0.25) is 10.0 Å². The zero-order valence-corrected chi connectivity index (χ0v) is 13.3. The van der Waals surface area contributed by atoms with Gasteiger partial charge in [0.1, 0.15) is 0 Å². The molecule has 1 N–H and O–H groups in total. The minimum Gasteiger partial charge on any atom is -0.310 e. The van der Waals surface area contributed by atoms with Crippen LogP contribution in [0.2, 0.25) is 5.02 Å². The van der Waals surface area contributed by atoms with Crippen molar-refractivity contribution >= 4 is 21.6 Å². The van der Waals surface area contributed by atoms with Crippen LogP contribution in [-0.2, 0) is 16.6 Å². The van der Waals surface area contributed by atoms with Crippen molar-refractivity contribution < 1.29 is 8.42 Å². The summed E-state index contributed by atoms with van der Waals surface area (Å²) in [5.74, 6) is 0.190. The van der Waals surface area contributed by atoms with E-state index in [1.165, 1.54) is 5.56 Å². The van der Waals surface area contributed by atoms with Crippen molar-refractivity contribution in [1.82, 2.24) is 9.62 Å². The highest BCUT2D eigenvalue weighted by Gasteiger charge is 2.26. The Hall–Kier alpha value is -0.620. The molecule has 2 rings (SSSR count). The van der Waals surface area contributed by atoms with Crippen molar-refractivity contribution in [3.8, 4) is 0 Å². The molecule has 0 unspecified atom stereocenters. The van der Waals surface area contributed by atoms with Crippen LogP contribution in [0.25, 0.3) is 0 Å². The van der Waals surface area contributed by atoms with Gasteiger partial charge in [-0.2, -0.15) is 0 Å². The summed E-state index contributed by atoms with van der Waals surface area (Å²) in [7, 11) is -3.03. The van der Waals surface area contributed by atoms with E-state index >= 15 is 0 Å². The molecule has 0 atom stereocenters. The molecule has 0 spiro atoms. The Balaban J connectivity index is 1.79. The maximum Gasteiger partial charge on any atom is 0.213 e. The monoisotopic (exact) mass is 316 g/mol. The van der Waals surface area contributed by atoms with Crippen LogP contribution in [-0.4, -0.2) is 37.6 Å². The van der Waals surface area contributed by atoms with Crippen LogP contribution in [0, 0.1) is 0 Å². The highest BCUT2D eigenvalue weighted by atomic mass is 35.5. The third-order valence-corrected chi connectivity index (χ3v) is 5.85. The highest BCUT2D eigenvalue weighted by molar-refractivity contribution is 7.89. The van der Waals surface area contributed by atoms with Gasteiger partial charge >= 0.3 is 0 Å². The molecule has 1 saturated heterocycles. The van der Waals surface area contributed by atoms with Gasteiger partial charge in [0.05, 0.1) is 5.75 Å². The van der Waals surface area contributed by atoms with Crippen molar-refractivity contribution in [3.05, 3.63) is 34.9 Å². The molecular weight excluding hydrogens is 296 g/mol. The van der Waals surface area contributed by atoms with Gasteiger partial charge in [0.15, 0.2) is 0 Å². The van der Waals surface area contributed by atoms with E-state index in [4.69, 9.17) is 11.6 Å². The molecule has 1 aliphatic heterocycles. The summed E-state index contributed by atoms with van der Waals surface area (Å²) in [5, 5.41) is 4.23. The topological polar surface area (TPSA) is 49.4 Å². The van der Waals surface area contributed by atoms with E-state index in [9.17, 15) is 8.42 Å². The molecule has 0 amide bonds. The van der Waals surface area contributed by atoms with Gasteiger partial charge < -0.3 is 5.32 Å². The third kappa shape index (κ3) is 4.19. The number of nitrogens with one attached hydrogen (secondary N) is 1. The molecule has 0 radical (unpaired) electrons. The summed E-state index contributed by atoms with van der Waals surface area (Å²) in [6.45, 7) is 3.73. The summed E-state index contributed by atoms with van der Waals surface area (Å²) in [5.41, 5.74) is 1.19. The predicted molar refractivity (Wildman–Crippen MR) is 82.3 cm³/mol. The summed E-state index contributed by atoms with van der Waals surface area (Å²) >= 11 is 5.85. The van der Waals surface area contributed by atoms with Gasteiger partial charge in [-0.1, -0.05) is 23.7 Å². The Morgan fingerprint density at radius 3 is 2.40 bits per heavy atom. The molecule has 20 heavy (non-hydrogen) atoms. The summed E-state index contributed by atoms with van der Waals surface area (Å²) in [6, 6.07) is 8.16. The second kappa shape index (κ2) is 6.89. The summed E-state index contributed by atoms with van der Waals surface area (Å²) in [4.78, 5) is 0. The number of sulfonamides is 1. The second-order valence-corrected chi connectivity index (χ2v) is 7.78. The molecule has 6 heteroatoms. The number of benzene rings is 1. The Morgan fingerprint density at radius 1 is 1.25 bits per heavy atom. The van der Waals surface area contributed by atoms with Crippen molar-refractivity contribution in [2.75, 3.05) is 18.8 Å². The lowest BCUT2D eigenvalue weighted by atomic mass is 10.1. The molecule has 0 aliphatic carbocycles. The minimum atomic E-state index is -3.03. The predicted octanol–water partition coefficient (Wildman–Crippen LogP) is 2.24. The van der Waals surface area contributed by atoms with Gasteiger partial charge in [0, 0.05) is 30.7 Å². The van der Waals surface area contributed by atoms with Crippen LogP contribution >= 0.6 is 11.6 Å². The Bertz CT molecular complexity index is 523. The van der Waals surface area contributed by atoms with Gasteiger partial charge in [-0.3, -0.25) is 0 Å².